The summed E-state index contributed by atoms with van der Waals surface area (Å²) in [5.41, 5.74) is 1.01. The third-order valence-corrected chi connectivity index (χ3v) is 3.27. The van der Waals surface area contributed by atoms with E-state index >= 15 is 0 Å². The lowest BCUT2D eigenvalue weighted by Crippen LogP contribution is -2.41. The van der Waals surface area contributed by atoms with E-state index in [2.05, 4.69) is 29.1 Å². The van der Waals surface area contributed by atoms with Crippen molar-refractivity contribution in [2.24, 2.45) is 0 Å². The van der Waals surface area contributed by atoms with Crippen LogP contribution >= 0.6 is 0 Å². The minimum atomic E-state index is 0.0194. The molecule has 1 aromatic heterocycles. The van der Waals surface area contributed by atoms with Crippen LogP contribution in [0.1, 0.15) is 33.1 Å². The number of aromatic nitrogens is 2. The van der Waals surface area contributed by atoms with E-state index in [9.17, 15) is 0 Å². The van der Waals surface area contributed by atoms with Crippen LogP contribution in [0.15, 0.2) is 18.7 Å². The van der Waals surface area contributed by atoms with Gasteiger partial charge in [0.1, 0.15) is 6.33 Å². The predicted molar refractivity (Wildman–Crippen MR) is 63.3 cm³/mol. The molecule has 88 valence electrons. The number of nitrogens with one attached hydrogen (secondary N) is 1. The lowest BCUT2D eigenvalue weighted by molar-refractivity contribution is -0.0708. The molecule has 1 N–H and O–H groups in total. The summed E-state index contributed by atoms with van der Waals surface area (Å²) in [7, 11) is 0. The molecule has 0 bridgehead atoms. The van der Waals surface area contributed by atoms with Gasteiger partial charge in [0.25, 0.3) is 0 Å². The second-order valence-electron chi connectivity index (χ2n) is 4.61. The van der Waals surface area contributed by atoms with Gasteiger partial charge in [-0.1, -0.05) is 6.92 Å². The van der Waals surface area contributed by atoms with Gasteiger partial charge in [-0.25, -0.2) is 9.97 Å². The van der Waals surface area contributed by atoms with E-state index in [1.807, 2.05) is 12.4 Å². The number of anilines is 1. The normalized spacial score (nSPS) is 30.0. The highest BCUT2D eigenvalue weighted by Gasteiger charge is 2.31. The predicted octanol–water partition coefficient (Wildman–Crippen LogP) is 2.24. The molecule has 2 unspecified atom stereocenters. The summed E-state index contributed by atoms with van der Waals surface area (Å²) >= 11 is 0. The van der Waals surface area contributed by atoms with Crippen molar-refractivity contribution in [2.75, 3.05) is 11.9 Å². The molecule has 0 amide bonds. The first-order valence-electron chi connectivity index (χ1n) is 5.87. The van der Waals surface area contributed by atoms with Crippen LogP contribution in [0.4, 0.5) is 5.69 Å². The van der Waals surface area contributed by atoms with Crippen molar-refractivity contribution in [2.45, 2.75) is 44.8 Å². The Kier molecular flexibility index (Phi) is 3.39. The highest BCUT2D eigenvalue weighted by molar-refractivity contribution is 5.38. The van der Waals surface area contributed by atoms with Crippen LogP contribution in [-0.4, -0.2) is 28.2 Å². The van der Waals surface area contributed by atoms with E-state index in [-0.39, 0.29) is 5.60 Å². The maximum Gasteiger partial charge on any atom is 0.115 e. The topological polar surface area (TPSA) is 47.0 Å². The highest BCUT2D eigenvalue weighted by atomic mass is 16.5. The van der Waals surface area contributed by atoms with Gasteiger partial charge in [0.05, 0.1) is 23.7 Å². The van der Waals surface area contributed by atoms with E-state index in [4.69, 9.17) is 4.74 Å². The van der Waals surface area contributed by atoms with Crippen LogP contribution in [0.5, 0.6) is 0 Å². The molecule has 0 spiro atoms. The number of nitrogens with zero attached hydrogens (tertiary/aromatic N) is 2. The minimum absolute atomic E-state index is 0.0194. The van der Waals surface area contributed by atoms with Crippen molar-refractivity contribution >= 4 is 5.69 Å². The zero-order valence-corrected chi connectivity index (χ0v) is 9.94. The second kappa shape index (κ2) is 4.78. The standard InChI is InChI=1S/C12H19N3O/c1-3-12(2)6-10(4-5-16-12)15-11-7-13-9-14-8-11/h7-10,15H,3-6H2,1-2H3. The van der Waals surface area contributed by atoms with Gasteiger partial charge in [0.2, 0.25) is 0 Å². The van der Waals surface area contributed by atoms with Crippen LogP contribution in [0.2, 0.25) is 0 Å². The first-order chi connectivity index (χ1) is 7.72. The van der Waals surface area contributed by atoms with Crippen molar-refractivity contribution in [3.05, 3.63) is 18.7 Å². The Morgan fingerprint density at radius 1 is 1.50 bits per heavy atom. The smallest absolute Gasteiger partial charge is 0.115 e. The third-order valence-electron chi connectivity index (χ3n) is 3.27. The second-order valence-corrected chi connectivity index (χ2v) is 4.61. The van der Waals surface area contributed by atoms with Crippen molar-refractivity contribution in [3.8, 4) is 0 Å². The maximum absolute atomic E-state index is 5.81. The Morgan fingerprint density at radius 2 is 2.25 bits per heavy atom. The summed E-state index contributed by atoms with van der Waals surface area (Å²) in [5, 5.41) is 3.47. The molecule has 0 aliphatic carbocycles. The monoisotopic (exact) mass is 221 g/mol. The lowest BCUT2D eigenvalue weighted by atomic mass is 9.90. The van der Waals surface area contributed by atoms with Gasteiger partial charge in [-0.3, -0.25) is 0 Å². The third kappa shape index (κ3) is 2.70. The molecule has 1 aliphatic heterocycles. The molecule has 1 aliphatic rings. The average molecular weight is 221 g/mol. The Hall–Kier alpha value is -1.16. The number of ether oxygens (including phenoxy) is 1. The van der Waals surface area contributed by atoms with E-state index in [0.717, 1.165) is 31.6 Å². The van der Waals surface area contributed by atoms with Gasteiger partial charge in [0, 0.05) is 12.6 Å². The first-order valence-corrected chi connectivity index (χ1v) is 5.87. The van der Waals surface area contributed by atoms with Gasteiger partial charge in [-0.2, -0.15) is 0 Å². The molecule has 4 nitrogen and oxygen atoms in total. The number of hydrogen-bond donors (Lipinski definition) is 1. The minimum Gasteiger partial charge on any atom is -0.380 e. The van der Waals surface area contributed by atoms with Gasteiger partial charge >= 0.3 is 0 Å². The molecule has 1 aromatic rings. The van der Waals surface area contributed by atoms with Crippen LogP contribution in [0.3, 0.4) is 0 Å². The largest absolute Gasteiger partial charge is 0.380 e. The molecule has 2 rings (SSSR count). The molecule has 1 fully saturated rings. The quantitative estimate of drug-likeness (QED) is 0.850. The van der Waals surface area contributed by atoms with Gasteiger partial charge < -0.3 is 10.1 Å². The van der Waals surface area contributed by atoms with Crippen LogP contribution in [-0.2, 0) is 4.74 Å². The number of rotatable bonds is 3. The Bertz CT molecular complexity index is 330. The fraction of sp³-hybridized carbons (Fsp3) is 0.667. The zero-order valence-electron chi connectivity index (χ0n) is 9.94. The molecular weight excluding hydrogens is 202 g/mol. The Balaban J connectivity index is 1.96. The number of hydrogen-bond acceptors (Lipinski definition) is 4. The van der Waals surface area contributed by atoms with Gasteiger partial charge in [-0.15, -0.1) is 0 Å². The summed E-state index contributed by atoms with van der Waals surface area (Å²) in [6.07, 6.45) is 8.31. The highest BCUT2D eigenvalue weighted by Crippen LogP contribution is 2.29. The van der Waals surface area contributed by atoms with Crippen molar-refractivity contribution in [1.29, 1.82) is 0 Å². The fourth-order valence-electron chi connectivity index (χ4n) is 2.11. The van der Waals surface area contributed by atoms with Crippen molar-refractivity contribution in [1.82, 2.24) is 9.97 Å². The molecular formula is C12H19N3O. The van der Waals surface area contributed by atoms with Crippen molar-refractivity contribution < 1.29 is 4.74 Å². The van der Waals surface area contributed by atoms with Crippen LogP contribution in [0, 0.1) is 0 Å². The molecule has 2 atom stereocenters. The Labute approximate surface area is 96.4 Å². The first kappa shape index (κ1) is 11.3. The van der Waals surface area contributed by atoms with E-state index in [0.29, 0.717) is 6.04 Å². The molecule has 16 heavy (non-hydrogen) atoms. The Morgan fingerprint density at radius 3 is 2.94 bits per heavy atom. The SMILES string of the molecule is CCC1(C)CC(Nc2cncnc2)CCO1. The summed E-state index contributed by atoms with van der Waals surface area (Å²) in [4.78, 5) is 8.00. The van der Waals surface area contributed by atoms with Crippen molar-refractivity contribution in [3.63, 3.8) is 0 Å². The van der Waals surface area contributed by atoms with Crippen LogP contribution < -0.4 is 5.32 Å². The summed E-state index contributed by atoms with van der Waals surface area (Å²) in [6.45, 7) is 5.19. The summed E-state index contributed by atoms with van der Waals surface area (Å²) in [5.74, 6) is 0. The van der Waals surface area contributed by atoms with E-state index < -0.39 is 0 Å². The zero-order chi connectivity index (χ0) is 11.4. The maximum atomic E-state index is 5.81. The average Bonchev–Trinajstić information content (AvgIpc) is 2.30. The molecule has 1 saturated heterocycles. The van der Waals surface area contributed by atoms with E-state index in [1.54, 1.807) is 6.33 Å². The molecule has 0 radical (unpaired) electrons. The van der Waals surface area contributed by atoms with E-state index in [1.165, 1.54) is 0 Å². The molecule has 4 heteroatoms. The molecule has 2 heterocycles. The summed E-state index contributed by atoms with van der Waals surface area (Å²) in [6, 6.07) is 0.463. The van der Waals surface area contributed by atoms with Gasteiger partial charge in [-0.05, 0) is 26.2 Å². The lowest BCUT2D eigenvalue weighted by Gasteiger charge is -2.38. The fourth-order valence-corrected chi connectivity index (χ4v) is 2.11. The summed E-state index contributed by atoms with van der Waals surface area (Å²) < 4.78 is 5.81. The molecule has 0 saturated carbocycles. The molecule has 0 aromatic carbocycles. The van der Waals surface area contributed by atoms with Crippen LogP contribution in [0.25, 0.3) is 0 Å². The van der Waals surface area contributed by atoms with Gasteiger partial charge in [0.15, 0.2) is 0 Å².